The third-order valence-corrected chi connectivity index (χ3v) is 8.39. The van der Waals surface area contributed by atoms with E-state index in [0.29, 0.717) is 24.9 Å². The van der Waals surface area contributed by atoms with Crippen LogP contribution in [-0.4, -0.2) is 42.3 Å². The van der Waals surface area contributed by atoms with Crippen molar-refractivity contribution in [1.82, 2.24) is 10.6 Å². The van der Waals surface area contributed by atoms with Crippen LogP contribution in [0.2, 0.25) is 0 Å². The van der Waals surface area contributed by atoms with Crippen LogP contribution in [-0.2, 0) is 16.0 Å². The zero-order chi connectivity index (χ0) is 31.6. The molecule has 2 amide bonds. The second-order valence-corrected chi connectivity index (χ2v) is 11.5. The van der Waals surface area contributed by atoms with E-state index in [1.54, 1.807) is 0 Å². The van der Waals surface area contributed by atoms with E-state index in [4.69, 9.17) is 4.74 Å². The second kappa shape index (κ2) is 15.2. The summed E-state index contributed by atoms with van der Waals surface area (Å²) in [6.45, 7) is 2.71. The van der Waals surface area contributed by atoms with Crippen LogP contribution in [0.4, 0.5) is 4.79 Å². The first-order chi connectivity index (χ1) is 21.9. The number of fused-ring (bicyclic) bond motifs is 3. The molecule has 0 aliphatic heterocycles. The lowest BCUT2D eigenvalue weighted by molar-refractivity contribution is -0.139. The molecular weight excluding hydrogens is 564 g/mol. The molecule has 1 atom stereocenters. The van der Waals surface area contributed by atoms with E-state index >= 15 is 0 Å². The number of hydrogen-bond acceptors (Lipinski definition) is 4. The number of benzene rings is 4. The van der Waals surface area contributed by atoms with Crippen molar-refractivity contribution in [2.75, 3.05) is 13.2 Å². The number of carbonyl (C=O) groups excluding carboxylic acids is 2. The van der Waals surface area contributed by atoms with Crippen LogP contribution in [0.25, 0.3) is 22.3 Å². The Morgan fingerprint density at radius 1 is 0.778 bits per heavy atom. The maximum atomic E-state index is 12.6. The molecule has 0 radical (unpaired) electrons. The van der Waals surface area contributed by atoms with Crippen LogP contribution < -0.4 is 10.6 Å². The minimum atomic E-state index is -1.12. The number of amides is 2. The number of ether oxygens (including phenoxy) is 1. The molecule has 7 heteroatoms. The SMILES string of the molecule is CCCCc1ccc(-c2ccc(C(=O)NCCCC[C@H](NC(=O)OCC3c4ccccc4-c4ccccc43)C(=O)O)cc2)cc1. The minimum absolute atomic E-state index is 0.104. The minimum Gasteiger partial charge on any atom is -0.480 e. The summed E-state index contributed by atoms with van der Waals surface area (Å²) in [5.41, 5.74) is 8.49. The standard InChI is InChI=1S/C38H40N2O5/c1-2-3-10-26-16-18-27(19-17-26)28-20-22-29(23-21-28)36(41)39-24-9-8-15-35(37(42)43)40-38(44)45-25-34-32-13-6-4-11-30(32)31-12-5-7-14-33(31)34/h4-7,11-14,16-23,34-35H,2-3,8-10,15,24-25H2,1H3,(H,39,41)(H,40,44)(H,42,43)/t35-/m0/s1. The first-order valence-corrected chi connectivity index (χ1v) is 15.8. The van der Waals surface area contributed by atoms with Crippen molar-refractivity contribution < 1.29 is 24.2 Å². The molecule has 0 saturated carbocycles. The Labute approximate surface area is 264 Å². The van der Waals surface area contributed by atoms with Crippen LogP contribution in [0.1, 0.15) is 72.0 Å². The molecule has 45 heavy (non-hydrogen) atoms. The second-order valence-electron chi connectivity index (χ2n) is 11.5. The van der Waals surface area contributed by atoms with E-state index < -0.39 is 18.1 Å². The van der Waals surface area contributed by atoms with Gasteiger partial charge in [0.05, 0.1) is 0 Å². The predicted molar refractivity (Wildman–Crippen MR) is 176 cm³/mol. The number of alkyl carbamates (subject to hydrolysis) is 1. The average molecular weight is 605 g/mol. The number of aliphatic carboxylic acids is 1. The van der Waals surface area contributed by atoms with Gasteiger partial charge in [-0.05, 0) is 83.2 Å². The van der Waals surface area contributed by atoms with Crippen molar-refractivity contribution in [1.29, 1.82) is 0 Å². The summed E-state index contributed by atoms with van der Waals surface area (Å²) in [6, 6.07) is 31.1. The lowest BCUT2D eigenvalue weighted by Crippen LogP contribution is -2.41. The highest BCUT2D eigenvalue weighted by atomic mass is 16.5. The molecule has 3 N–H and O–H groups in total. The topological polar surface area (TPSA) is 105 Å². The van der Waals surface area contributed by atoms with Gasteiger partial charge in [0.1, 0.15) is 12.6 Å². The monoisotopic (exact) mass is 604 g/mol. The van der Waals surface area contributed by atoms with Gasteiger partial charge in [0.25, 0.3) is 5.91 Å². The molecule has 4 aromatic rings. The Hall–Kier alpha value is -4.91. The van der Waals surface area contributed by atoms with Gasteiger partial charge in [-0.25, -0.2) is 9.59 Å². The molecule has 0 unspecified atom stereocenters. The maximum Gasteiger partial charge on any atom is 0.407 e. The van der Waals surface area contributed by atoms with Gasteiger partial charge in [0, 0.05) is 18.0 Å². The summed E-state index contributed by atoms with van der Waals surface area (Å²) in [7, 11) is 0. The van der Waals surface area contributed by atoms with Crippen LogP contribution in [0.5, 0.6) is 0 Å². The lowest BCUT2D eigenvalue weighted by atomic mass is 9.98. The molecule has 1 aliphatic rings. The van der Waals surface area contributed by atoms with Crippen LogP contribution in [0, 0.1) is 0 Å². The molecule has 7 nitrogen and oxygen atoms in total. The summed E-state index contributed by atoms with van der Waals surface area (Å²) in [4.78, 5) is 37.1. The predicted octanol–water partition coefficient (Wildman–Crippen LogP) is 7.59. The fourth-order valence-electron chi connectivity index (χ4n) is 5.88. The number of rotatable bonds is 14. The Bertz CT molecular complexity index is 1570. The van der Waals surface area contributed by atoms with Gasteiger partial charge < -0.3 is 20.5 Å². The van der Waals surface area contributed by atoms with E-state index in [2.05, 4.69) is 54.0 Å². The Balaban J connectivity index is 1.04. The first kappa shape index (κ1) is 31.5. The number of carboxylic acids is 1. The van der Waals surface area contributed by atoms with Gasteiger partial charge in [-0.15, -0.1) is 0 Å². The first-order valence-electron chi connectivity index (χ1n) is 15.8. The molecule has 0 saturated heterocycles. The van der Waals surface area contributed by atoms with Crippen molar-refractivity contribution in [3.63, 3.8) is 0 Å². The molecular formula is C38H40N2O5. The molecule has 232 valence electrons. The molecule has 0 aromatic heterocycles. The summed E-state index contributed by atoms with van der Waals surface area (Å²) in [6.07, 6.45) is 3.99. The number of carbonyl (C=O) groups is 3. The zero-order valence-electron chi connectivity index (χ0n) is 25.6. The molecule has 0 fully saturated rings. The van der Waals surface area contributed by atoms with Gasteiger partial charge in [-0.2, -0.15) is 0 Å². The lowest BCUT2D eigenvalue weighted by Gasteiger charge is -2.17. The highest BCUT2D eigenvalue weighted by Gasteiger charge is 2.29. The van der Waals surface area contributed by atoms with Crippen LogP contribution >= 0.6 is 0 Å². The number of hydrogen-bond donors (Lipinski definition) is 3. The highest BCUT2D eigenvalue weighted by molar-refractivity contribution is 5.94. The van der Waals surface area contributed by atoms with Gasteiger partial charge in [0.2, 0.25) is 0 Å². The summed E-state index contributed by atoms with van der Waals surface area (Å²) >= 11 is 0. The summed E-state index contributed by atoms with van der Waals surface area (Å²) < 4.78 is 5.51. The third-order valence-electron chi connectivity index (χ3n) is 8.39. The average Bonchev–Trinajstić information content (AvgIpc) is 3.39. The van der Waals surface area contributed by atoms with Crippen LogP contribution in [0.3, 0.4) is 0 Å². The van der Waals surface area contributed by atoms with Crippen molar-refractivity contribution in [2.24, 2.45) is 0 Å². The highest BCUT2D eigenvalue weighted by Crippen LogP contribution is 2.44. The van der Waals surface area contributed by atoms with E-state index in [1.165, 1.54) is 18.4 Å². The molecule has 4 aromatic carbocycles. The molecule has 5 rings (SSSR count). The summed E-state index contributed by atoms with van der Waals surface area (Å²) in [5, 5.41) is 15.1. The van der Waals surface area contributed by atoms with Crippen molar-refractivity contribution in [3.8, 4) is 22.3 Å². The van der Waals surface area contributed by atoms with Gasteiger partial charge in [0.15, 0.2) is 0 Å². The fourth-order valence-corrected chi connectivity index (χ4v) is 5.88. The Morgan fingerprint density at radius 2 is 1.38 bits per heavy atom. The zero-order valence-corrected chi connectivity index (χ0v) is 25.6. The third kappa shape index (κ3) is 7.98. The molecule has 1 aliphatic carbocycles. The van der Waals surface area contributed by atoms with Crippen molar-refractivity contribution in [2.45, 2.75) is 57.4 Å². The van der Waals surface area contributed by atoms with Crippen molar-refractivity contribution >= 4 is 18.0 Å². The Morgan fingerprint density at radius 3 is 1.98 bits per heavy atom. The van der Waals surface area contributed by atoms with Gasteiger partial charge >= 0.3 is 12.1 Å². The normalized spacial score (nSPS) is 12.6. The largest absolute Gasteiger partial charge is 0.480 e. The molecule has 0 heterocycles. The Kier molecular flexibility index (Phi) is 10.6. The quantitative estimate of drug-likeness (QED) is 0.129. The van der Waals surface area contributed by atoms with Crippen molar-refractivity contribution in [3.05, 3.63) is 119 Å². The van der Waals surface area contributed by atoms with E-state index in [9.17, 15) is 19.5 Å². The summed E-state index contributed by atoms with van der Waals surface area (Å²) in [5.74, 6) is -1.40. The van der Waals surface area contributed by atoms with Gasteiger partial charge in [-0.3, -0.25) is 4.79 Å². The number of nitrogens with one attached hydrogen (secondary N) is 2. The number of carboxylic acid groups (broad SMARTS) is 1. The van der Waals surface area contributed by atoms with Crippen LogP contribution in [0.15, 0.2) is 97.1 Å². The van der Waals surface area contributed by atoms with Gasteiger partial charge in [-0.1, -0.05) is 98.3 Å². The smallest absolute Gasteiger partial charge is 0.407 e. The van der Waals surface area contributed by atoms with E-state index in [0.717, 1.165) is 39.8 Å². The molecule has 0 spiro atoms. The molecule has 0 bridgehead atoms. The fraction of sp³-hybridized carbons (Fsp3) is 0.289. The van der Waals surface area contributed by atoms with E-state index in [1.807, 2.05) is 60.7 Å². The van der Waals surface area contributed by atoms with E-state index in [-0.39, 0.29) is 24.9 Å². The number of aryl methyl sites for hydroxylation is 1. The number of unbranched alkanes of at least 4 members (excludes halogenated alkanes) is 2. The maximum absolute atomic E-state index is 12.6.